The molecular formula is C23H25N3O4S. The van der Waals surface area contributed by atoms with E-state index in [-0.39, 0.29) is 22.3 Å². The number of nitrogens with zero attached hydrogens (tertiary/aromatic N) is 3. The molecule has 0 radical (unpaired) electrons. The van der Waals surface area contributed by atoms with Gasteiger partial charge in [-0.25, -0.2) is 8.42 Å². The molecule has 0 atom stereocenters. The van der Waals surface area contributed by atoms with Crippen LogP contribution in [0.1, 0.15) is 15.9 Å². The molecule has 3 aromatic rings. The second-order valence-electron chi connectivity index (χ2n) is 7.76. The summed E-state index contributed by atoms with van der Waals surface area (Å²) in [5.41, 5.74) is 1.73. The first-order valence-corrected chi connectivity index (χ1v) is 11.7. The van der Waals surface area contributed by atoms with Gasteiger partial charge < -0.3 is 14.5 Å². The van der Waals surface area contributed by atoms with E-state index in [1.807, 2.05) is 37.4 Å². The number of benzene rings is 2. The molecule has 0 N–H and O–H groups in total. The Balaban J connectivity index is 1.64. The van der Waals surface area contributed by atoms with E-state index < -0.39 is 9.84 Å². The summed E-state index contributed by atoms with van der Waals surface area (Å²) in [6.07, 6.45) is 1.57. The second-order valence-corrected chi connectivity index (χ2v) is 9.71. The molecular weight excluding hydrogens is 414 g/mol. The smallest absolute Gasteiger partial charge is 0.253 e. The Bertz CT molecular complexity index is 1220. The summed E-state index contributed by atoms with van der Waals surface area (Å²) in [7, 11) is -0.324. The number of methoxy groups -OCH3 is 1. The molecule has 1 fully saturated rings. The molecule has 2 aromatic carbocycles. The summed E-state index contributed by atoms with van der Waals surface area (Å²) in [5.74, 6) is -0.170. The fraction of sp³-hybridized carbons (Fsp3) is 0.304. The van der Waals surface area contributed by atoms with Gasteiger partial charge in [0.05, 0.1) is 18.4 Å². The lowest BCUT2D eigenvalue weighted by Crippen LogP contribution is -2.47. The van der Waals surface area contributed by atoms with Gasteiger partial charge in [-0.1, -0.05) is 18.2 Å². The molecule has 8 heteroatoms. The van der Waals surface area contributed by atoms with E-state index in [9.17, 15) is 13.2 Å². The topological polar surface area (TPSA) is 79.8 Å². The van der Waals surface area contributed by atoms with Crippen molar-refractivity contribution in [2.45, 2.75) is 10.6 Å². The average molecular weight is 440 g/mol. The Morgan fingerprint density at radius 3 is 2.55 bits per heavy atom. The number of ether oxygens (including phenoxy) is 1. The first kappa shape index (κ1) is 21.3. The highest BCUT2D eigenvalue weighted by atomic mass is 32.2. The highest BCUT2D eigenvalue weighted by molar-refractivity contribution is 7.90. The molecule has 1 aromatic heterocycles. The van der Waals surface area contributed by atoms with Crippen LogP contribution in [0.25, 0.3) is 10.9 Å². The standard InChI is InChI=1S/C23H25N3O4S/c1-25-9-11-26(12-10-25)23(27)19-7-8-21(30-2)22(14-19)31(28,29)16-17-13-18-5-3-4-6-20(18)24-15-17/h3-8,13-15H,9-12,16H2,1-2H3. The number of sulfone groups is 1. The number of aromatic nitrogens is 1. The lowest BCUT2D eigenvalue weighted by Gasteiger charge is -2.32. The van der Waals surface area contributed by atoms with Crippen molar-refractivity contribution in [1.29, 1.82) is 0 Å². The number of hydrogen-bond acceptors (Lipinski definition) is 6. The predicted octanol–water partition coefficient (Wildman–Crippen LogP) is 2.60. The Morgan fingerprint density at radius 2 is 1.81 bits per heavy atom. The van der Waals surface area contributed by atoms with Crippen LogP contribution in [0.5, 0.6) is 5.75 Å². The van der Waals surface area contributed by atoms with Gasteiger partial charge in [0.2, 0.25) is 0 Å². The molecule has 31 heavy (non-hydrogen) atoms. The van der Waals surface area contributed by atoms with Gasteiger partial charge in [-0.15, -0.1) is 0 Å². The van der Waals surface area contributed by atoms with Crippen molar-refractivity contribution >= 4 is 26.6 Å². The molecule has 0 unspecified atom stereocenters. The number of likely N-dealkylation sites (N-methyl/N-ethyl adjacent to an activating group) is 1. The lowest BCUT2D eigenvalue weighted by molar-refractivity contribution is 0.0664. The van der Waals surface area contributed by atoms with E-state index in [0.717, 1.165) is 24.0 Å². The van der Waals surface area contributed by atoms with Crippen LogP contribution in [0.4, 0.5) is 0 Å². The maximum atomic E-state index is 13.3. The van der Waals surface area contributed by atoms with Crippen molar-refractivity contribution in [1.82, 2.24) is 14.8 Å². The molecule has 0 bridgehead atoms. The summed E-state index contributed by atoms with van der Waals surface area (Å²) in [5, 5.41) is 0.876. The maximum absolute atomic E-state index is 13.3. The molecule has 4 rings (SSSR count). The number of fused-ring (bicyclic) bond motifs is 1. The van der Waals surface area contributed by atoms with Crippen molar-refractivity contribution in [2.75, 3.05) is 40.3 Å². The molecule has 0 aliphatic carbocycles. The van der Waals surface area contributed by atoms with Crippen LogP contribution in [-0.2, 0) is 15.6 Å². The summed E-state index contributed by atoms with van der Waals surface area (Å²) in [6, 6.07) is 14.0. The molecule has 162 valence electrons. The van der Waals surface area contributed by atoms with E-state index in [0.29, 0.717) is 24.2 Å². The minimum Gasteiger partial charge on any atom is -0.495 e. The maximum Gasteiger partial charge on any atom is 0.253 e. The van der Waals surface area contributed by atoms with E-state index in [1.165, 1.54) is 13.2 Å². The molecule has 1 aliphatic rings. The van der Waals surface area contributed by atoms with Crippen molar-refractivity contribution < 1.29 is 17.9 Å². The van der Waals surface area contributed by atoms with Gasteiger partial charge in [-0.2, -0.15) is 0 Å². The number of piperazine rings is 1. The minimum atomic E-state index is -3.76. The first-order chi connectivity index (χ1) is 14.9. The number of hydrogen-bond donors (Lipinski definition) is 0. The van der Waals surface area contributed by atoms with E-state index in [1.54, 1.807) is 23.2 Å². The minimum absolute atomic E-state index is 0.0168. The average Bonchev–Trinajstić information content (AvgIpc) is 2.78. The third-order valence-corrected chi connectivity index (χ3v) is 7.24. The quantitative estimate of drug-likeness (QED) is 0.608. The lowest BCUT2D eigenvalue weighted by atomic mass is 10.1. The van der Waals surface area contributed by atoms with Gasteiger partial charge in [0.1, 0.15) is 10.6 Å². The van der Waals surface area contributed by atoms with Gasteiger partial charge in [-0.3, -0.25) is 9.78 Å². The summed E-state index contributed by atoms with van der Waals surface area (Å²) < 4.78 is 31.9. The summed E-state index contributed by atoms with van der Waals surface area (Å²) >= 11 is 0. The Hall–Kier alpha value is -2.97. The number of carbonyl (C=O) groups is 1. The molecule has 0 spiro atoms. The zero-order valence-electron chi connectivity index (χ0n) is 17.6. The molecule has 1 amide bonds. The van der Waals surface area contributed by atoms with Crippen LogP contribution in [-0.4, -0.2) is 69.4 Å². The van der Waals surface area contributed by atoms with Crippen LogP contribution >= 0.6 is 0 Å². The predicted molar refractivity (Wildman–Crippen MR) is 119 cm³/mol. The zero-order chi connectivity index (χ0) is 22.0. The van der Waals surface area contributed by atoms with Crippen molar-refractivity contribution in [3.63, 3.8) is 0 Å². The van der Waals surface area contributed by atoms with Gasteiger partial charge in [0.25, 0.3) is 5.91 Å². The number of amides is 1. The number of pyridine rings is 1. The highest BCUT2D eigenvalue weighted by Crippen LogP contribution is 2.29. The van der Waals surface area contributed by atoms with Gasteiger partial charge >= 0.3 is 0 Å². The Morgan fingerprint density at radius 1 is 1.06 bits per heavy atom. The van der Waals surface area contributed by atoms with Crippen LogP contribution in [0.3, 0.4) is 0 Å². The Labute approximate surface area is 182 Å². The zero-order valence-corrected chi connectivity index (χ0v) is 18.4. The fourth-order valence-corrected chi connectivity index (χ4v) is 5.25. The van der Waals surface area contributed by atoms with E-state index in [4.69, 9.17) is 4.74 Å². The van der Waals surface area contributed by atoms with Gasteiger partial charge in [-0.05, 0) is 42.9 Å². The monoisotopic (exact) mass is 439 g/mol. The summed E-state index contributed by atoms with van der Waals surface area (Å²) in [6.45, 7) is 2.82. The molecule has 2 heterocycles. The molecule has 1 saturated heterocycles. The first-order valence-electron chi connectivity index (χ1n) is 10.1. The number of rotatable bonds is 5. The fourth-order valence-electron chi connectivity index (χ4n) is 3.74. The van der Waals surface area contributed by atoms with Crippen LogP contribution in [0, 0.1) is 0 Å². The van der Waals surface area contributed by atoms with Crippen molar-refractivity contribution in [3.05, 3.63) is 65.9 Å². The van der Waals surface area contributed by atoms with Crippen LogP contribution < -0.4 is 4.74 Å². The second kappa shape index (κ2) is 8.64. The van der Waals surface area contributed by atoms with Crippen molar-refractivity contribution in [3.8, 4) is 5.75 Å². The van der Waals surface area contributed by atoms with Gasteiger partial charge in [0.15, 0.2) is 9.84 Å². The normalized spacial score (nSPS) is 15.2. The third-order valence-electron chi connectivity index (χ3n) is 5.54. The van der Waals surface area contributed by atoms with E-state index >= 15 is 0 Å². The van der Waals surface area contributed by atoms with Crippen LogP contribution in [0.2, 0.25) is 0 Å². The van der Waals surface area contributed by atoms with E-state index in [2.05, 4.69) is 9.88 Å². The molecule has 1 aliphatic heterocycles. The molecule has 0 saturated carbocycles. The summed E-state index contributed by atoms with van der Waals surface area (Å²) in [4.78, 5) is 21.2. The highest BCUT2D eigenvalue weighted by Gasteiger charge is 2.25. The number of carbonyl (C=O) groups excluding carboxylic acids is 1. The van der Waals surface area contributed by atoms with Crippen molar-refractivity contribution in [2.24, 2.45) is 0 Å². The molecule has 7 nitrogen and oxygen atoms in total. The number of para-hydroxylation sites is 1. The van der Waals surface area contributed by atoms with Gasteiger partial charge in [0, 0.05) is 43.3 Å². The van der Waals surface area contributed by atoms with Crippen LogP contribution in [0.15, 0.2) is 59.6 Å². The third kappa shape index (κ3) is 4.55. The SMILES string of the molecule is COc1ccc(C(=O)N2CCN(C)CC2)cc1S(=O)(=O)Cc1cnc2ccccc2c1. The Kier molecular flexibility index (Phi) is 5.93. The largest absolute Gasteiger partial charge is 0.495 e.